The fraction of sp³-hybridized carbons (Fsp3) is 0.455. The summed E-state index contributed by atoms with van der Waals surface area (Å²) in [6.07, 6.45) is 2.17. The number of fused-ring (bicyclic) bond motifs is 2. The number of aryl methyl sites for hydroxylation is 1. The number of nitrogens with one attached hydrogen (secondary N) is 1. The van der Waals surface area contributed by atoms with Crippen LogP contribution in [-0.4, -0.2) is 27.1 Å². The Morgan fingerprint density at radius 3 is 2.56 bits per heavy atom. The van der Waals surface area contributed by atoms with Crippen LogP contribution in [0.3, 0.4) is 0 Å². The normalized spacial score (nSPS) is 20.5. The summed E-state index contributed by atoms with van der Waals surface area (Å²) in [5.74, 6) is 3.62. The molecule has 144 valence electrons. The predicted octanol–water partition coefficient (Wildman–Crippen LogP) is 4.20. The Morgan fingerprint density at radius 2 is 1.85 bits per heavy atom. The Kier molecular flexibility index (Phi) is 4.87. The van der Waals surface area contributed by atoms with E-state index in [0.29, 0.717) is 12.7 Å². The minimum Gasteiger partial charge on any atom is -0.493 e. The number of methoxy groups -OCH3 is 1. The van der Waals surface area contributed by atoms with Crippen molar-refractivity contribution < 1.29 is 18.9 Å². The van der Waals surface area contributed by atoms with Gasteiger partial charge in [-0.3, -0.25) is 0 Å². The Hall–Kier alpha value is -2.40. The maximum absolute atomic E-state index is 5.98. The number of likely N-dealkylation sites (N-methyl/N-ethyl adjacent to an activating group) is 1. The predicted molar refractivity (Wildman–Crippen MR) is 104 cm³/mol. The second-order valence-corrected chi connectivity index (χ2v) is 7.39. The van der Waals surface area contributed by atoms with E-state index < -0.39 is 0 Å². The van der Waals surface area contributed by atoms with Crippen LogP contribution in [0.2, 0.25) is 0 Å². The van der Waals surface area contributed by atoms with Gasteiger partial charge in [-0.25, -0.2) is 0 Å². The van der Waals surface area contributed by atoms with E-state index >= 15 is 0 Å². The molecule has 2 aliphatic rings. The first-order valence-electron chi connectivity index (χ1n) is 9.55. The molecule has 2 aromatic rings. The molecule has 1 heterocycles. The van der Waals surface area contributed by atoms with Crippen molar-refractivity contribution in [3.8, 4) is 23.0 Å². The Balaban J connectivity index is 1.70. The summed E-state index contributed by atoms with van der Waals surface area (Å²) in [7, 11) is 3.70. The number of hydrogen-bond acceptors (Lipinski definition) is 5. The van der Waals surface area contributed by atoms with Gasteiger partial charge in [0.25, 0.3) is 0 Å². The van der Waals surface area contributed by atoms with E-state index in [1.165, 1.54) is 16.7 Å². The quantitative estimate of drug-likeness (QED) is 0.856. The number of rotatable bonds is 5. The van der Waals surface area contributed by atoms with Crippen LogP contribution in [0, 0.1) is 0 Å². The standard InChI is InChI=1S/C22H27NO4/c1-13(2)27-21-10-14(6-8-18(21)24-4)16-7-5-15-9-19-20(26-12-25-19)11-17(15)22(16)23-3/h6,8-11,13,16,22-23H,5,7,12H2,1-4H3/t16-,22+/m1/s1. The van der Waals surface area contributed by atoms with Crippen LogP contribution >= 0.6 is 0 Å². The molecule has 2 atom stereocenters. The van der Waals surface area contributed by atoms with Crippen molar-refractivity contribution in [1.82, 2.24) is 5.32 Å². The second-order valence-electron chi connectivity index (χ2n) is 7.39. The molecule has 0 aromatic heterocycles. The number of benzene rings is 2. The average Bonchev–Trinajstić information content (AvgIpc) is 3.12. The largest absolute Gasteiger partial charge is 0.493 e. The first-order valence-corrected chi connectivity index (χ1v) is 9.55. The van der Waals surface area contributed by atoms with Crippen molar-refractivity contribution in [1.29, 1.82) is 0 Å². The third-order valence-corrected chi connectivity index (χ3v) is 5.39. The molecule has 0 radical (unpaired) electrons. The Labute approximate surface area is 160 Å². The van der Waals surface area contributed by atoms with E-state index in [1.54, 1.807) is 7.11 Å². The summed E-state index contributed by atoms with van der Waals surface area (Å²) >= 11 is 0. The van der Waals surface area contributed by atoms with Crippen molar-refractivity contribution in [2.75, 3.05) is 21.0 Å². The first-order chi connectivity index (χ1) is 13.1. The van der Waals surface area contributed by atoms with Crippen LogP contribution in [0.1, 0.15) is 48.9 Å². The van der Waals surface area contributed by atoms with E-state index in [1.807, 2.05) is 27.0 Å². The highest BCUT2D eigenvalue weighted by Crippen LogP contribution is 2.46. The summed E-state index contributed by atoms with van der Waals surface area (Å²) < 4.78 is 22.6. The van der Waals surface area contributed by atoms with Gasteiger partial charge in [0.2, 0.25) is 6.79 Å². The monoisotopic (exact) mass is 369 g/mol. The lowest BCUT2D eigenvalue weighted by molar-refractivity contribution is 0.174. The number of hydrogen-bond donors (Lipinski definition) is 1. The van der Waals surface area contributed by atoms with E-state index in [9.17, 15) is 0 Å². The van der Waals surface area contributed by atoms with Crippen LogP contribution < -0.4 is 24.3 Å². The molecule has 0 bridgehead atoms. The molecule has 0 spiro atoms. The molecule has 0 amide bonds. The molecule has 4 rings (SSSR count). The summed E-state index contributed by atoms with van der Waals surface area (Å²) in [5, 5.41) is 3.52. The fourth-order valence-corrected chi connectivity index (χ4v) is 4.19. The zero-order chi connectivity index (χ0) is 19.0. The van der Waals surface area contributed by atoms with Gasteiger partial charge in [-0.2, -0.15) is 0 Å². The lowest BCUT2D eigenvalue weighted by atomic mass is 9.76. The van der Waals surface area contributed by atoms with Crippen molar-refractivity contribution in [2.45, 2.75) is 44.8 Å². The zero-order valence-electron chi connectivity index (χ0n) is 16.4. The third-order valence-electron chi connectivity index (χ3n) is 5.39. The summed E-state index contributed by atoms with van der Waals surface area (Å²) in [6.45, 7) is 4.37. The zero-order valence-corrected chi connectivity index (χ0v) is 16.4. The van der Waals surface area contributed by atoms with Gasteiger partial charge in [0, 0.05) is 12.0 Å². The highest BCUT2D eigenvalue weighted by molar-refractivity contribution is 5.52. The van der Waals surface area contributed by atoms with E-state index in [2.05, 4.69) is 29.6 Å². The molecule has 0 saturated heterocycles. The Morgan fingerprint density at radius 1 is 1.07 bits per heavy atom. The summed E-state index contributed by atoms with van der Waals surface area (Å²) in [6, 6.07) is 10.8. The molecule has 5 nitrogen and oxygen atoms in total. The van der Waals surface area contributed by atoms with Crippen LogP contribution in [0.25, 0.3) is 0 Å². The maximum atomic E-state index is 5.98. The second kappa shape index (κ2) is 7.31. The summed E-state index contributed by atoms with van der Waals surface area (Å²) in [4.78, 5) is 0. The third kappa shape index (κ3) is 3.32. The van der Waals surface area contributed by atoms with Crippen LogP contribution in [0.15, 0.2) is 30.3 Å². The van der Waals surface area contributed by atoms with E-state index in [0.717, 1.165) is 35.8 Å². The van der Waals surface area contributed by atoms with Crippen molar-refractivity contribution in [3.05, 3.63) is 47.0 Å². The highest BCUT2D eigenvalue weighted by Gasteiger charge is 2.32. The average molecular weight is 369 g/mol. The van der Waals surface area contributed by atoms with Gasteiger partial charge in [-0.1, -0.05) is 6.07 Å². The topological polar surface area (TPSA) is 49.0 Å². The molecule has 2 aromatic carbocycles. The van der Waals surface area contributed by atoms with Gasteiger partial charge in [-0.15, -0.1) is 0 Å². The maximum Gasteiger partial charge on any atom is 0.231 e. The van der Waals surface area contributed by atoms with Gasteiger partial charge >= 0.3 is 0 Å². The molecule has 0 fully saturated rings. The minimum absolute atomic E-state index is 0.0982. The molecular weight excluding hydrogens is 342 g/mol. The van der Waals surface area contributed by atoms with Gasteiger partial charge in [0.15, 0.2) is 23.0 Å². The van der Waals surface area contributed by atoms with Crippen LogP contribution in [0.4, 0.5) is 0 Å². The van der Waals surface area contributed by atoms with Crippen LogP contribution in [0.5, 0.6) is 23.0 Å². The Bertz CT molecular complexity index is 833. The molecule has 27 heavy (non-hydrogen) atoms. The molecule has 5 heteroatoms. The highest BCUT2D eigenvalue weighted by atomic mass is 16.7. The molecule has 1 N–H and O–H groups in total. The molecule has 1 aliphatic carbocycles. The lowest BCUT2D eigenvalue weighted by Crippen LogP contribution is -2.29. The molecule has 0 unspecified atom stereocenters. The van der Waals surface area contributed by atoms with Crippen molar-refractivity contribution in [2.24, 2.45) is 0 Å². The van der Waals surface area contributed by atoms with Gasteiger partial charge < -0.3 is 24.3 Å². The van der Waals surface area contributed by atoms with Gasteiger partial charge in [-0.05, 0) is 74.7 Å². The smallest absolute Gasteiger partial charge is 0.231 e. The minimum atomic E-state index is 0.0982. The molecule has 1 aliphatic heterocycles. The van der Waals surface area contributed by atoms with Gasteiger partial charge in [0.05, 0.1) is 13.2 Å². The van der Waals surface area contributed by atoms with Crippen molar-refractivity contribution in [3.63, 3.8) is 0 Å². The number of ether oxygens (including phenoxy) is 4. The van der Waals surface area contributed by atoms with Gasteiger partial charge in [0.1, 0.15) is 0 Å². The van der Waals surface area contributed by atoms with Crippen LogP contribution in [-0.2, 0) is 6.42 Å². The fourth-order valence-electron chi connectivity index (χ4n) is 4.19. The molecular formula is C22H27NO4. The SMILES string of the molecule is CN[C@@H]1c2cc3c(cc2CC[C@@H]1c1ccc(OC)c(OC(C)C)c1)OCO3. The molecule has 0 saturated carbocycles. The summed E-state index contributed by atoms with van der Waals surface area (Å²) in [5.41, 5.74) is 3.89. The van der Waals surface area contributed by atoms with Crippen molar-refractivity contribution >= 4 is 0 Å². The van der Waals surface area contributed by atoms with E-state index in [4.69, 9.17) is 18.9 Å². The van der Waals surface area contributed by atoms with E-state index in [-0.39, 0.29) is 12.1 Å². The lowest BCUT2D eigenvalue weighted by Gasteiger charge is -2.34. The first kappa shape index (κ1) is 18.0.